The molecular weight excluding hydrogens is 336 g/mol. The van der Waals surface area contributed by atoms with Gasteiger partial charge >= 0.3 is 5.63 Å². The van der Waals surface area contributed by atoms with Crippen molar-refractivity contribution in [2.75, 3.05) is 11.9 Å². The van der Waals surface area contributed by atoms with Gasteiger partial charge in [0, 0.05) is 23.7 Å². The van der Waals surface area contributed by atoms with Crippen LogP contribution in [0.25, 0.3) is 11.0 Å². The van der Waals surface area contributed by atoms with Gasteiger partial charge in [0.25, 0.3) is 5.91 Å². The van der Waals surface area contributed by atoms with Crippen LogP contribution in [0.3, 0.4) is 0 Å². The van der Waals surface area contributed by atoms with Crippen molar-refractivity contribution in [2.24, 2.45) is 0 Å². The number of anilines is 1. The molecule has 1 saturated heterocycles. The summed E-state index contributed by atoms with van der Waals surface area (Å²) in [6, 6.07) is 10.7. The number of carbonyl (C=O) groups is 2. The summed E-state index contributed by atoms with van der Waals surface area (Å²) in [6.07, 6.45) is 2.79. The lowest BCUT2D eigenvalue weighted by Gasteiger charge is -2.23. The van der Waals surface area contributed by atoms with Crippen LogP contribution in [-0.2, 0) is 4.79 Å². The number of nitrogens with zero attached hydrogens (tertiary/aromatic N) is 1. The highest BCUT2D eigenvalue weighted by Crippen LogP contribution is 2.23. The third-order valence-corrected chi connectivity index (χ3v) is 4.44. The van der Waals surface area contributed by atoms with E-state index in [2.05, 4.69) is 5.32 Å². The van der Waals surface area contributed by atoms with E-state index in [-0.39, 0.29) is 17.6 Å². The first kappa shape index (κ1) is 16.1. The Bertz CT molecular complexity index is 1020. The number of benzene rings is 1. The van der Waals surface area contributed by atoms with Crippen molar-refractivity contribution in [3.63, 3.8) is 0 Å². The maximum Gasteiger partial charge on any atom is 0.336 e. The molecule has 132 valence electrons. The van der Waals surface area contributed by atoms with Crippen LogP contribution in [0.15, 0.2) is 62.4 Å². The fourth-order valence-corrected chi connectivity index (χ4v) is 3.20. The smallest absolute Gasteiger partial charge is 0.336 e. The number of hydrogen-bond acceptors (Lipinski definition) is 5. The van der Waals surface area contributed by atoms with Crippen LogP contribution in [0.5, 0.6) is 0 Å². The van der Waals surface area contributed by atoms with Crippen LogP contribution in [-0.4, -0.2) is 29.3 Å². The highest BCUT2D eigenvalue weighted by Gasteiger charge is 2.35. The highest BCUT2D eigenvalue weighted by molar-refractivity contribution is 6.01. The van der Waals surface area contributed by atoms with Gasteiger partial charge in [-0.05, 0) is 49.2 Å². The average molecular weight is 352 g/mol. The van der Waals surface area contributed by atoms with Crippen molar-refractivity contribution < 1.29 is 18.4 Å². The molecule has 7 nitrogen and oxygen atoms in total. The first-order chi connectivity index (χ1) is 12.6. The van der Waals surface area contributed by atoms with Gasteiger partial charge in [-0.2, -0.15) is 0 Å². The van der Waals surface area contributed by atoms with Gasteiger partial charge in [0.2, 0.25) is 5.91 Å². The van der Waals surface area contributed by atoms with Crippen molar-refractivity contribution in [1.82, 2.24) is 4.90 Å². The molecule has 1 fully saturated rings. The summed E-state index contributed by atoms with van der Waals surface area (Å²) < 4.78 is 10.2. The summed E-state index contributed by atoms with van der Waals surface area (Å²) in [5.74, 6) is -0.308. The molecule has 0 radical (unpaired) electrons. The number of fused-ring (bicyclic) bond motifs is 1. The normalized spacial score (nSPS) is 16.8. The maximum atomic E-state index is 12.7. The molecule has 2 amide bonds. The molecule has 0 aliphatic carbocycles. The minimum Gasteiger partial charge on any atom is -0.459 e. The Labute approximate surface area is 148 Å². The fraction of sp³-hybridized carbons (Fsp3) is 0.211. The first-order valence-corrected chi connectivity index (χ1v) is 8.31. The monoisotopic (exact) mass is 352 g/mol. The number of rotatable bonds is 3. The van der Waals surface area contributed by atoms with Gasteiger partial charge in [-0.15, -0.1) is 0 Å². The summed E-state index contributed by atoms with van der Waals surface area (Å²) in [5.41, 5.74) is 0.604. The van der Waals surface area contributed by atoms with E-state index >= 15 is 0 Å². The molecule has 1 unspecified atom stereocenters. The molecule has 1 aliphatic rings. The maximum absolute atomic E-state index is 12.7. The molecule has 4 rings (SSSR count). The molecule has 2 aromatic heterocycles. The summed E-state index contributed by atoms with van der Waals surface area (Å²) in [7, 11) is 0. The predicted octanol–water partition coefficient (Wildman–Crippen LogP) is 2.63. The topological polar surface area (TPSA) is 92.8 Å². The van der Waals surface area contributed by atoms with E-state index in [1.165, 1.54) is 17.2 Å². The van der Waals surface area contributed by atoms with Gasteiger partial charge in [0.1, 0.15) is 11.6 Å². The van der Waals surface area contributed by atoms with Crippen LogP contribution in [0.2, 0.25) is 0 Å². The third kappa shape index (κ3) is 2.99. The number of amides is 2. The Kier molecular flexibility index (Phi) is 4.04. The molecule has 0 spiro atoms. The number of likely N-dealkylation sites (tertiary alicyclic amines) is 1. The van der Waals surface area contributed by atoms with Crippen molar-refractivity contribution in [3.8, 4) is 0 Å². The van der Waals surface area contributed by atoms with Crippen LogP contribution in [0, 0.1) is 0 Å². The minimum absolute atomic E-state index is 0.227. The quantitative estimate of drug-likeness (QED) is 0.732. The molecule has 1 N–H and O–H groups in total. The number of nitrogens with one attached hydrogen (secondary N) is 1. The Morgan fingerprint density at radius 3 is 2.85 bits per heavy atom. The van der Waals surface area contributed by atoms with Crippen molar-refractivity contribution >= 4 is 28.5 Å². The summed E-state index contributed by atoms with van der Waals surface area (Å²) >= 11 is 0. The largest absolute Gasteiger partial charge is 0.459 e. The molecule has 3 heterocycles. The van der Waals surface area contributed by atoms with E-state index in [4.69, 9.17) is 8.83 Å². The Morgan fingerprint density at radius 1 is 1.15 bits per heavy atom. The van der Waals surface area contributed by atoms with Crippen LogP contribution in [0.4, 0.5) is 5.69 Å². The zero-order chi connectivity index (χ0) is 18.1. The lowest BCUT2D eigenvalue weighted by molar-refractivity contribution is -0.119. The second-order valence-electron chi connectivity index (χ2n) is 6.13. The molecule has 1 aromatic carbocycles. The number of hydrogen-bond donors (Lipinski definition) is 1. The highest BCUT2D eigenvalue weighted by atomic mass is 16.4. The molecule has 3 aromatic rings. The second kappa shape index (κ2) is 6.51. The SMILES string of the molecule is O=C(Nc1ccc2oc(=O)ccc2c1)C1CCCN1C(=O)c1ccco1. The van der Waals surface area contributed by atoms with Gasteiger partial charge in [-0.3, -0.25) is 9.59 Å². The number of carbonyl (C=O) groups excluding carboxylic acids is 2. The average Bonchev–Trinajstić information content (AvgIpc) is 3.33. The van der Waals surface area contributed by atoms with E-state index in [0.29, 0.717) is 29.6 Å². The van der Waals surface area contributed by atoms with Gasteiger partial charge < -0.3 is 19.1 Å². The van der Waals surface area contributed by atoms with E-state index in [0.717, 1.165) is 6.42 Å². The Morgan fingerprint density at radius 2 is 2.04 bits per heavy atom. The van der Waals surface area contributed by atoms with E-state index < -0.39 is 11.7 Å². The van der Waals surface area contributed by atoms with Gasteiger partial charge in [0.05, 0.1) is 6.26 Å². The zero-order valence-electron chi connectivity index (χ0n) is 13.8. The molecule has 1 aliphatic heterocycles. The third-order valence-electron chi connectivity index (χ3n) is 4.44. The lowest BCUT2D eigenvalue weighted by Crippen LogP contribution is -2.43. The fourth-order valence-electron chi connectivity index (χ4n) is 3.20. The molecule has 7 heteroatoms. The molecule has 0 bridgehead atoms. The van der Waals surface area contributed by atoms with Crippen molar-refractivity contribution in [2.45, 2.75) is 18.9 Å². The Hall–Kier alpha value is -3.35. The van der Waals surface area contributed by atoms with Crippen LogP contribution in [0.1, 0.15) is 23.4 Å². The minimum atomic E-state index is -0.544. The Balaban J connectivity index is 1.53. The summed E-state index contributed by atoms with van der Waals surface area (Å²) in [5, 5.41) is 3.54. The van der Waals surface area contributed by atoms with E-state index in [1.807, 2.05) is 0 Å². The molecule has 1 atom stereocenters. The lowest BCUT2D eigenvalue weighted by atomic mass is 10.1. The van der Waals surface area contributed by atoms with Gasteiger partial charge in [-0.25, -0.2) is 4.79 Å². The first-order valence-electron chi connectivity index (χ1n) is 8.31. The predicted molar refractivity (Wildman–Crippen MR) is 93.9 cm³/mol. The standard InChI is InChI=1S/C19H16N2O5/c22-17-8-5-12-11-13(6-7-15(12)26-17)20-18(23)14-3-1-9-21(14)19(24)16-4-2-10-25-16/h2,4-8,10-11,14H,1,3,9H2,(H,20,23). The van der Waals surface area contributed by atoms with Gasteiger partial charge in [0.15, 0.2) is 5.76 Å². The van der Waals surface area contributed by atoms with Crippen LogP contribution >= 0.6 is 0 Å². The summed E-state index contributed by atoms with van der Waals surface area (Å²) in [4.78, 5) is 37.9. The van der Waals surface area contributed by atoms with Crippen molar-refractivity contribution in [1.29, 1.82) is 0 Å². The molecule has 0 saturated carbocycles. The zero-order valence-corrected chi connectivity index (χ0v) is 13.8. The van der Waals surface area contributed by atoms with Crippen molar-refractivity contribution in [3.05, 3.63) is 64.9 Å². The van der Waals surface area contributed by atoms with E-state index in [1.54, 1.807) is 36.4 Å². The van der Waals surface area contributed by atoms with Gasteiger partial charge in [-0.1, -0.05) is 0 Å². The molecule has 26 heavy (non-hydrogen) atoms. The molecular formula is C19H16N2O5. The summed E-state index contributed by atoms with van der Waals surface area (Å²) in [6.45, 7) is 0.514. The second-order valence-corrected chi connectivity index (χ2v) is 6.13. The van der Waals surface area contributed by atoms with E-state index in [9.17, 15) is 14.4 Å². The van der Waals surface area contributed by atoms with Crippen LogP contribution < -0.4 is 10.9 Å². The number of furan rings is 1.